The van der Waals surface area contributed by atoms with Crippen LogP contribution in [-0.4, -0.2) is 43.3 Å². The number of fused-ring (bicyclic) bond motifs is 1. The number of anilines is 3. The average Bonchev–Trinajstić information content (AvgIpc) is 2.85. The van der Waals surface area contributed by atoms with E-state index < -0.39 is 0 Å². The van der Waals surface area contributed by atoms with Crippen LogP contribution in [0, 0.1) is 0 Å². The zero-order chi connectivity index (χ0) is 21.9. The van der Waals surface area contributed by atoms with Gasteiger partial charge in [-0.15, -0.1) is 0 Å². The molecule has 0 unspecified atom stereocenters. The summed E-state index contributed by atoms with van der Waals surface area (Å²) < 4.78 is 11.3. The van der Waals surface area contributed by atoms with Crippen LogP contribution < -0.4 is 25.0 Å². The van der Waals surface area contributed by atoms with Crippen LogP contribution in [0.1, 0.15) is 0 Å². The SMILES string of the molecule is COc1ccc(N2CCN(c3ncnc(Oc4ccc5ccccc5c4)c3N)CC2)cc1. The van der Waals surface area contributed by atoms with E-state index in [1.807, 2.05) is 42.5 Å². The van der Waals surface area contributed by atoms with Crippen LogP contribution in [0.2, 0.25) is 0 Å². The van der Waals surface area contributed by atoms with E-state index in [4.69, 9.17) is 15.2 Å². The molecule has 1 aliphatic rings. The molecule has 1 aromatic heterocycles. The number of rotatable bonds is 5. The summed E-state index contributed by atoms with van der Waals surface area (Å²) >= 11 is 0. The summed E-state index contributed by atoms with van der Waals surface area (Å²) in [6.45, 7) is 3.36. The predicted molar refractivity (Wildman–Crippen MR) is 128 cm³/mol. The van der Waals surface area contributed by atoms with Crippen molar-refractivity contribution in [1.29, 1.82) is 0 Å². The molecule has 7 nitrogen and oxygen atoms in total. The Morgan fingerprint density at radius 3 is 2.22 bits per heavy atom. The molecule has 3 aromatic carbocycles. The molecule has 0 saturated carbocycles. The standard InChI is InChI=1S/C25H25N5O2/c1-31-21-10-7-20(8-11-21)29-12-14-30(15-13-29)24-23(26)25(28-17-27-24)32-22-9-6-18-4-2-3-5-19(18)16-22/h2-11,16-17H,12-15,26H2,1H3. The maximum absolute atomic E-state index is 6.43. The van der Waals surface area contributed by atoms with Crippen LogP contribution in [0.25, 0.3) is 10.8 Å². The van der Waals surface area contributed by atoms with E-state index in [0.29, 0.717) is 23.1 Å². The molecule has 0 amide bonds. The highest BCUT2D eigenvalue weighted by atomic mass is 16.5. The van der Waals surface area contributed by atoms with Gasteiger partial charge in [0.2, 0.25) is 5.88 Å². The summed E-state index contributed by atoms with van der Waals surface area (Å²) in [5, 5.41) is 2.26. The molecule has 0 spiro atoms. The van der Waals surface area contributed by atoms with Gasteiger partial charge in [0, 0.05) is 31.9 Å². The molecule has 0 aliphatic carbocycles. The number of piperazine rings is 1. The summed E-state index contributed by atoms with van der Waals surface area (Å²) in [5.41, 5.74) is 8.07. The smallest absolute Gasteiger partial charge is 0.248 e. The second-order valence-electron chi connectivity index (χ2n) is 7.70. The molecular weight excluding hydrogens is 402 g/mol. The predicted octanol–water partition coefficient (Wildman–Crippen LogP) is 4.34. The number of benzene rings is 3. The number of nitrogen functional groups attached to an aromatic ring is 1. The van der Waals surface area contributed by atoms with Crippen molar-refractivity contribution in [2.45, 2.75) is 0 Å². The number of methoxy groups -OCH3 is 1. The number of hydrogen-bond donors (Lipinski definition) is 1. The van der Waals surface area contributed by atoms with Crippen molar-refractivity contribution in [3.05, 3.63) is 73.1 Å². The van der Waals surface area contributed by atoms with E-state index in [9.17, 15) is 0 Å². The molecule has 5 rings (SSSR count). The molecule has 0 bridgehead atoms. The monoisotopic (exact) mass is 427 g/mol. The Morgan fingerprint density at radius 1 is 0.781 bits per heavy atom. The van der Waals surface area contributed by atoms with E-state index in [1.165, 1.54) is 12.0 Å². The quantitative estimate of drug-likeness (QED) is 0.508. The van der Waals surface area contributed by atoms with Gasteiger partial charge in [-0.25, -0.2) is 4.98 Å². The minimum absolute atomic E-state index is 0.378. The molecule has 1 aliphatic heterocycles. The van der Waals surface area contributed by atoms with Crippen LogP contribution in [0.4, 0.5) is 17.2 Å². The van der Waals surface area contributed by atoms with Crippen molar-refractivity contribution < 1.29 is 9.47 Å². The van der Waals surface area contributed by atoms with E-state index in [1.54, 1.807) is 7.11 Å². The molecule has 7 heteroatoms. The summed E-state index contributed by atoms with van der Waals surface area (Å²) in [6, 6.07) is 22.2. The van der Waals surface area contributed by atoms with Crippen molar-refractivity contribution in [2.24, 2.45) is 0 Å². The average molecular weight is 428 g/mol. The first-order valence-corrected chi connectivity index (χ1v) is 10.6. The van der Waals surface area contributed by atoms with Crippen LogP contribution in [0.15, 0.2) is 73.1 Å². The first kappa shape index (κ1) is 19.9. The van der Waals surface area contributed by atoms with Crippen LogP contribution in [0.3, 0.4) is 0 Å². The molecule has 1 saturated heterocycles. The first-order valence-electron chi connectivity index (χ1n) is 10.6. The lowest BCUT2D eigenvalue weighted by Gasteiger charge is -2.37. The molecule has 0 atom stereocenters. The Hall–Kier alpha value is -4.00. The second-order valence-corrected chi connectivity index (χ2v) is 7.70. The van der Waals surface area contributed by atoms with Crippen molar-refractivity contribution >= 4 is 28.0 Å². The molecule has 162 valence electrons. The Kier molecular flexibility index (Phi) is 5.37. The molecule has 1 fully saturated rings. The maximum atomic E-state index is 6.43. The minimum Gasteiger partial charge on any atom is -0.497 e. The van der Waals surface area contributed by atoms with Crippen LogP contribution in [-0.2, 0) is 0 Å². The van der Waals surface area contributed by atoms with Crippen molar-refractivity contribution in [2.75, 3.05) is 48.8 Å². The van der Waals surface area contributed by atoms with Gasteiger partial charge in [-0.05, 0) is 47.2 Å². The molecule has 0 radical (unpaired) electrons. The second kappa shape index (κ2) is 8.63. The summed E-state index contributed by atoms with van der Waals surface area (Å²) in [7, 11) is 1.68. The fourth-order valence-electron chi connectivity index (χ4n) is 4.02. The minimum atomic E-state index is 0.378. The summed E-state index contributed by atoms with van der Waals surface area (Å²) in [5.74, 6) is 2.65. The highest BCUT2D eigenvalue weighted by molar-refractivity contribution is 5.84. The summed E-state index contributed by atoms with van der Waals surface area (Å²) in [6.07, 6.45) is 1.51. The third kappa shape index (κ3) is 3.97. The van der Waals surface area contributed by atoms with Gasteiger partial charge in [-0.1, -0.05) is 30.3 Å². The van der Waals surface area contributed by atoms with Crippen LogP contribution in [0.5, 0.6) is 17.4 Å². The van der Waals surface area contributed by atoms with E-state index in [0.717, 1.165) is 42.7 Å². The number of nitrogens with two attached hydrogens (primary N) is 1. The molecule has 4 aromatic rings. The van der Waals surface area contributed by atoms with Crippen LogP contribution >= 0.6 is 0 Å². The summed E-state index contributed by atoms with van der Waals surface area (Å²) in [4.78, 5) is 13.3. The van der Waals surface area contributed by atoms with Crippen molar-refractivity contribution in [3.8, 4) is 17.4 Å². The zero-order valence-electron chi connectivity index (χ0n) is 17.9. The van der Waals surface area contributed by atoms with Gasteiger partial charge in [0.25, 0.3) is 0 Å². The Labute approximate surface area is 187 Å². The fraction of sp³-hybridized carbons (Fsp3) is 0.200. The van der Waals surface area contributed by atoms with E-state index in [2.05, 4.69) is 44.0 Å². The molecule has 2 N–H and O–H groups in total. The molecule has 2 heterocycles. The number of aromatic nitrogens is 2. The van der Waals surface area contributed by atoms with Gasteiger partial charge in [-0.3, -0.25) is 0 Å². The van der Waals surface area contributed by atoms with Gasteiger partial charge in [0.15, 0.2) is 5.82 Å². The Bertz CT molecular complexity index is 1220. The van der Waals surface area contributed by atoms with Gasteiger partial charge >= 0.3 is 0 Å². The highest BCUT2D eigenvalue weighted by Gasteiger charge is 2.22. The number of nitrogens with zero attached hydrogens (tertiary/aromatic N) is 4. The van der Waals surface area contributed by atoms with Crippen molar-refractivity contribution in [1.82, 2.24) is 9.97 Å². The normalized spacial score (nSPS) is 13.9. The lowest BCUT2D eigenvalue weighted by Crippen LogP contribution is -2.47. The third-order valence-electron chi connectivity index (χ3n) is 5.78. The van der Waals surface area contributed by atoms with Gasteiger partial charge < -0.3 is 25.0 Å². The van der Waals surface area contributed by atoms with E-state index in [-0.39, 0.29) is 0 Å². The highest BCUT2D eigenvalue weighted by Crippen LogP contribution is 2.33. The fourth-order valence-corrected chi connectivity index (χ4v) is 4.02. The van der Waals surface area contributed by atoms with Crippen molar-refractivity contribution in [3.63, 3.8) is 0 Å². The lowest BCUT2D eigenvalue weighted by atomic mass is 10.1. The molecule has 32 heavy (non-hydrogen) atoms. The Balaban J connectivity index is 1.30. The largest absolute Gasteiger partial charge is 0.497 e. The number of hydrogen-bond acceptors (Lipinski definition) is 7. The first-order chi connectivity index (χ1) is 15.7. The maximum Gasteiger partial charge on any atom is 0.248 e. The third-order valence-corrected chi connectivity index (χ3v) is 5.78. The number of ether oxygens (including phenoxy) is 2. The van der Waals surface area contributed by atoms with Gasteiger partial charge in [-0.2, -0.15) is 4.98 Å². The van der Waals surface area contributed by atoms with Gasteiger partial charge in [0.05, 0.1) is 7.11 Å². The zero-order valence-corrected chi connectivity index (χ0v) is 17.9. The van der Waals surface area contributed by atoms with Gasteiger partial charge in [0.1, 0.15) is 23.5 Å². The lowest BCUT2D eigenvalue weighted by molar-refractivity contribution is 0.415. The topological polar surface area (TPSA) is 76.7 Å². The van der Waals surface area contributed by atoms with E-state index >= 15 is 0 Å². The Morgan fingerprint density at radius 2 is 1.47 bits per heavy atom. The molecular formula is C25H25N5O2.